The smallest absolute Gasteiger partial charge is 0.410 e. The van der Waals surface area contributed by atoms with Crippen molar-refractivity contribution in [2.45, 2.75) is 72.1 Å². The van der Waals surface area contributed by atoms with Gasteiger partial charge in [-0.3, -0.25) is 4.68 Å². The number of fused-ring (bicyclic) bond motifs is 1. The third kappa shape index (κ3) is 6.20. The van der Waals surface area contributed by atoms with E-state index in [1.807, 2.05) is 57.3 Å². The number of hydrogen-bond donors (Lipinski definition) is 1. The number of carbonyl (C=O) groups is 1. The number of anilines is 3. The Morgan fingerprint density at radius 1 is 1.15 bits per heavy atom. The molecule has 1 saturated heterocycles. The first-order chi connectivity index (χ1) is 19.4. The molecule has 2 aromatic heterocycles. The summed E-state index contributed by atoms with van der Waals surface area (Å²) in [5.74, 6) is -0.891. The number of nitrogens with zero attached hydrogens (tertiary/aromatic N) is 6. The summed E-state index contributed by atoms with van der Waals surface area (Å²) in [5, 5.41) is 7.80. The summed E-state index contributed by atoms with van der Waals surface area (Å²) in [6.07, 6.45) is 4.11. The van der Waals surface area contributed by atoms with Crippen molar-refractivity contribution in [1.29, 1.82) is 0 Å². The Bertz CT molecular complexity index is 1430. The standard InChI is InChI=1S/C29H37F2N7O3/c1-17(2)37-11-12-40-26-21(30)13-19(14-24(26)37)25-22(31)15-32-27(34-25)33-23-16-38(35-18(23)3)20-7-9-36(10-8-20)28(39)41-29(4,5)6/h13-17,20H,7-12H2,1-6H3,(H,32,33,34). The SMILES string of the molecule is Cc1nn(C2CCN(C(=O)OC(C)(C)C)CC2)cc1Nc1ncc(F)c(-c2cc(F)c3c(c2)N(C(C)C)CCO3)n1. The van der Waals surface area contributed by atoms with Crippen LogP contribution in [0.4, 0.5) is 30.9 Å². The van der Waals surface area contributed by atoms with Gasteiger partial charge in [0.25, 0.3) is 0 Å². The van der Waals surface area contributed by atoms with E-state index in [1.165, 1.54) is 6.07 Å². The van der Waals surface area contributed by atoms with Gasteiger partial charge in [0.05, 0.1) is 35.9 Å². The van der Waals surface area contributed by atoms with Crippen molar-refractivity contribution in [1.82, 2.24) is 24.6 Å². The van der Waals surface area contributed by atoms with Crippen LogP contribution >= 0.6 is 0 Å². The van der Waals surface area contributed by atoms with Crippen LogP contribution in [0.5, 0.6) is 5.75 Å². The van der Waals surface area contributed by atoms with Gasteiger partial charge in [-0.15, -0.1) is 0 Å². The summed E-state index contributed by atoms with van der Waals surface area (Å²) in [4.78, 5) is 24.7. The van der Waals surface area contributed by atoms with Crippen molar-refractivity contribution in [3.63, 3.8) is 0 Å². The average molecular weight is 570 g/mol. The highest BCUT2D eigenvalue weighted by Crippen LogP contribution is 2.39. The van der Waals surface area contributed by atoms with E-state index in [1.54, 1.807) is 11.0 Å². The van der Waals surface area contributed by atoms with Crippen LogP contribution in [0.2, 0.25) is 0 Å². The molecule has 0 bridgehead atoms. The highest BCUT2D eigenvalue weighted by molar-refractivity contribution is 5.73. The fourth-order valence-electron chi connectivity index (χ4n) is 5.16. The Morgan fingerprint density at radius 2 is 1.88 bits per heavy atom. The summed E-state index contributed by atoms with van der Waals surface area (Å²) in [6, 6.07) is 3.17. The van der Waals surface area contributed by atoms with E-state index in [9.17, 15) is 9.18 Å². The second-order valence-corrected chi connectivity index (χ2v) is 11.8. The number of aryl methyl sites for hydroxylation is 1. The van der Waals surface area contributed by atoms with Gasteiger partial charge in [-0.05, 0) is 66.5 Å². The first-order valence-electron chi connectivity index (χ1n) is 14.0. The fourth-order valence-corrected chi connectivity index (χ4v) is 5.16. The zero-order valence-electron chi connectivity index (χ0n) is 24.4. The molecule has 2 aliphatic heterocycles. The van der Waals surface area contributed by atoms with Gasteiger partial charge in [0.15, 0.2) is 17.4 Å². The van der Waals surface area contributed by atoms with E-state index in [4.69, 9.17) is 9.47 Å². The maximum Gasteiger partial charge on any atom is 0.410 e. The molecule has 0 spiro atoms. The molecule has 12 heteroatoms. The van der Waals surface area contributed by atoms with E-state index < -0.39 is 17.2 Å². The van der Waals surface area contributed by atoms with Crippen molar-refractivity contribution in [2.75, 3.05) is 36.5 Å². The highest BCUT2D eigenvalue weighted by Gasteiger charge is 2.29. The lowest BCUT2D eigenvalue weighted by Gasteiger charge is -2.34. The summed E-state index contributed by atoms with van der Waals surface area (Å²) in [7, 11) is 0. The Balaban J connectivity index is 1.32. The van der Waals surface area contributed by atoms with Crippen LogP contribution in [0.15, 0.2) is 24.5 Å². The van der Waals surface area contributed by atoms with Crippen molar-refractivity contribution in [2.24, 2.45) is 0 Å². The molecule has 1 amide bonds. The van der Waals surface area contributed by atoms with Crippen LogP contribution in [0, 0.1) is 18.6 Å². The Hall–Kier alpha value is -3.96. The van der Waals surface area contributed by atoms with Crippen molar-refractivity contribution >= 4 is 23.4 Å². The molecular weight excluding hydrogens is 532 g/mol. The molecule has 0 unspecified atom stereocenters. The van der Waals surface area contributed by atoms with E-state index in [2.05, 4.69) is 20.4 Å². The maximum absolute atomic E-state index is 15.0. The summed E-state index contributed by atoms with van der Waals surface area (Å²) in [5.41, 5.74) is 1.71. The first-order valence-corrected chi connectivity index (χ1v) is 14.0. The number of amides is 1. The molecule has 0 radical (unpaired) electrons. The third-order valence-corrected chi connectivity index (χ3v) is 7.21. The molecule has 1 N–H and O–H groups in total. The lowest BCUT2D eigenvalue weighted by Crippen LogP contribution is -2.42. The number of carbonyl (C=O) groups excluding carboxylic acids is 1. The lowest BCUT2D eigenvalue weighted by atomic mass is 10.1. The minimum absolute atomic E-state index is 0.0157. The Labute approximate surface area is 238 Å². The lowest BCUT2D eigenvalue weighted by molar-refractivity contribution is 0.0184. The second kappa shape index (κ2) is 11.1. The minimum Gasteiger partial charge on any atom is -0.486 e. The minimum atomic E-state index is -0.660. The molecule has 1 aromatic carbocycles. The molecule has 1 fully saturated rings. The normalized spacial score (nSPS) is 16.0. The molecule has 0 atom stereocenters. The molecule has 41 heavy (non-hydrogen) atoms. The highest BCUT2D eigenvalue weighted by atomic mass is 19.1. The molecular formula is C29H37F2N7O3. The summed E-state index contributed by atoms with van der Waals surface area (Å²) in [6.45, 7) is 13.6. The average Bonchev–Trinajstić information content (AvgIpc) is 3.28. The summed E-state index contributed by atoms with van der Waals surface area (Å²) < 4.78 is 42.9. The monoisotopic (exact) mass is 569 g/mol. The first kappa shape index (κ1) is 28.6. The molecule has 5 rings (SSSR count). The number of halogens is 2. The second-order valence-electron chi connectivity index (χ2n) is 11.8. The summed E-state index contributed by atoms with van der Waals surface area (Å²) >= 11 is 0. The number of rotatable bonds is 5. The van der Waals surface area contributed by atoms with Gasteiger partial charge in [0.1, 0.15) is 17.9 Å². The molecule has 10 nitrogen and oxygen atoms in total. The van der Waals surface area contributed by atoms with Gasteiger partial charge in [-0.2, -0.15) is 5.10 Å². The van der Waals surface area contributed by atoms with Gasteiger partial charge in [-0.1, -0.05) is 0 Å². The van der Waals surface area contributed by atoms with Crippen LogP contribution in [0.25, 0.3) is 11.3 Å². The van der Waals surface area contributed by atoms with Crippen LogP contribution in [-0.4, -0.2) is 68.6 Å². The van der Waals surface area contributed by atoms with Crippen LogP contribution in [0.3, 0.4) is 0 Å². The molecule has 220 valence electrons. The van der Waals surface area contributed by atoms with Crippen LogP contribution in [-0.2, 0) is 4.74 Å². The van der Waals surface area contributed by atoms with E-state index in [0.717, 1.165) is 24.7 Å². The number of likely N-dealkylation sites (tertiary alicyclic amines) is 1. The van der Waals surface area contributed by atoms with Gasteiger partial charge in [0.2, 0.25) is 5.95 Å². The van der Waals surface area contributed by atoms with Crippen molar-refractivity contribution in [3.05, 3.63) is 41.9 Å². The van der Waals surface area contributed by atoms with Crippen LogP contribution < -0.4 is 15.0 Å². The van der Waals surface area contributed by atoms with Gasteiger partial charge in [0, 0.05) is 30.9 Å². The number of hydrogen-bond acceptors (Lipinski definition) is 8. The molecule has 2 aliphatic rings. The molecule has 0 saturated carbocycles. The Morgan fingerprint density at radius 3 is 2.56 bits per heavy atom. The van der Waals surface area contributed by atoms with E-state index in [0.29, 0.717) is 43.2 Å². The van der Waals surface area contributed by atoms with Crippen LogP contribution in [0.1, 0.15) is 59.2 Å². The third-order valence-electron chi connectivity index (χ3n) is 7.21. The number of nitrogens with one attached hydrogen (secondary N) is 1. The number of benzene rings is 1. The number of piperidine rings is 1. The maximum atomic E-state index is 15.0. The van der Waals surface area contributed by atoms with Gasteiger partial charge < -0.3 is 24.6 Å². The fraction of sp³-hybridized carbons (Fsp3) is 0.517. The predicted octanol–water partition coefficient (Wildman–Crippen LogP) is 5.85. The van der Waals surface area contributed by atoms with Crippen molar-refractivity contribution < 1.29 is 23.0 Å². The van der Waals surface area contributed by atoms with Gasteiger partial charge in [-0.25, -0.2) is 23.5 Å². The number of ether oxygens (including phenoxy) is 2. The zero-order chi connectivity index (χ0) is 29.5. The molecule has 3 aromatic rings. The van der Waals surface area contributed by atoms with Crippen molar-refractivity contribution in [3.8, 4) is 17.0 Å². The quantitative estimate of drug-likeness (QED) is 0.409. The topological polar surface area (TPSA) is 97.6 Å². The molecule has 4 heterocycles. The largest absolute Gasteiger partial charge is 0.486 e. The van der Waals surface area contributed by atoms with E-state index >= 15 is 4.39 Å². The zero-order valence-corrected chi connectivity index (χ0v) is 24.4. The Kier molecular flexibility index (Phi) is 7.76. The molecule has 0 aliphatic carbocycles. The van der Waals surface area contributed by atoms with Gasteiger partial charge >= 0.3 is 6.09 Å². The predicted molar refractivity (Wildman–Crippen MR) is 152 cm³/mol. The van der Waals surface area contributed by atoms with E-state index in [-0.39, 0.29) is 35.6 Å². The number of aromatic nitrogens is 4.